The minimum Gasteiger partial charge on any atom is -0.368 e. The lowest BCUT2D eigenvalue weighted by Gasteiger charge is -2.21. The maximum Gasteiger partial charge on any atom is 0.237 e. The van der Waals surface area contributed by atoms with Crippen molar-refractivity contribution in [2.75, 3.05) is 6.54 Å². The first kappa shape index (κ1) is 15.2. The van der Waals surface area contributed by atoms with Gasteiger partial charge < -0.3 is 16.4 Å². The van der Waals surface area contributed by atoms with Crippen molar-refractivity contribution in [3.05, 3.63) is 35.9 Å². The number of hydrogen-bond donors (Lipinski definition) is 2. The van der Waals surface area contributed by atoms with Crippen molar-refractivity contribution in [3.63, 3.8) is 0 Å². The number of hydrogen-bond acceptors (Lipinski definition) is 3. The van der Waals surface area contributed by atoms with Crippen LogP contribution in [0, 0.1) is 0 Å². The smallest absolute Gasteiger partial charge is 0.237 e. The Balaban J connectivity index is 2.66. The molecule has 0 saturated heterocycles. The second-order valence-corrected chi connectivity index (χ2v) is 4.72. The van der Waals surface area contributed by atoms with E-state index in [1.54, 1.807) is 0 Å². The summed E-state index contributed by atoms with van der Waals surface area (Å²) in [6.45, 7) is 2.18. The number of rotatable bonds is 7. The van der Waals surface area contributed by atoms with E-state index in [2.05, 4.69) is 0 Å². The molecule has 0 fully saturated rings. The molecule has 0 radical (unpaired) electrons. The molecule has 1 atom stereocenters. The molecule has 0 spiro atoms. The molecule has 5 heteroatoms. The lowest BCUT2D eigenvalue weighted by Crippen LogP contribution is -2.38. The summed E-state index contributed by atoms with van der Waals surface area (Å²) in [5, 5.41) is 0. The van der Waals surface area contributed by atoms with E-state index >= 15 is 0 Å². The molecule has 0 heterocycles. The number of amides is 2. The fourth-order valence-electron chi connectivity index (χ4n) is 1.73. The van der Waals surface area contributed by atoms with Gasteiger partial charge in [-0.3, -0.25) is 9.59 Å². The summed E-state index contributed by atoms with van der Waals surface area (Å²) in [7, 11) is 0. The highest BCUT2D eigenvalue weighted by Gasteiger charge is 2.16. The van der Waals surface area contributed by atoms with Crippen molar-refractivity contribution in [2.45, 2.75) is 32.4 Å². The molecule has 2 amide bonds. The van der Waals surface area contributed by atoms with Crippen LogP contribution in [0.2, 0.25) is 0 Å². The van der Waals surface area contributed by atoms with Gasteiger partial charge in [-0.05, 0) is 18.9 Å². The molecule has 104 valence electrons. The molecular formula is C14H21N3O2. The van der Waals surface area contributed by atoms with Crippen LogP contribution in [0.4, 0.5) is 0 Å². The molecule has 5 nitrogen and oxygen atoms in total. The Morgan fingerprint density at radius 3 is 2.42 bits per heavy atom. The van der Waals surface area contributed by atoms with Crippen LogP contribution >= 0.6 is 0 Å². The van der Waals surface area contributed by atoms with E-state index in [-0.39, 0.29) is 18.5 Å². The largest absolute Gasteiger partial charge is 0.368 e. The number of primary amides is 1. The van der Waals surface area contributed by atoms with Crippen LogP contribution in [0.1, 0.15) is 25.3 Å². The maximum atomic E-state index is 12.1. The minimum absolute atomic E-state index is 0.0314. The van der Waals surface area contributed by atoms with E-state index in [0.717, 1.165) is 5.56 Å². The van der Waals surface area contributed by atoms with E-state index in [0.29, 0.717) is 19.4 Å². The first-order valence-electron chi connectivity index (χ1n) is 6.34. The van der Waals surface area contributed by atoms with Gasteiger partial charge in [0.2, 0.25) is 11.8 Å². The monoisotopic (exact) mass is 263 g/mol. The second-order valence-electron chi connectivity index (χ2n) is 4.72. The third-order valence-electron chi connectivity index (χ3n) is 2.73. The maximum absolute atomic E-state index is 12.1. The molecule has 19 heavy (non-hydrogen) atoms. The Kier molecular flexibility index (Phi) is 6.02. The predicted molar refractivity (Wildman–Crippen MR) is 73.9 cm³/mol. The van der Waals surface area contributed by atoms with E-state index < -0.39 is 5.91 Å². The van der Waals surface area contributed by atoms with Gasteiger partial charge in [-0.25, -0.2) is 0 Å². The van der Waals surface area contributed by atoms with Crippen LogP contribution in [-0.2, 0) is 16.1 Å². The highest BCUT2D eigenvalue weighted by Crippen LogP contribution is 2.07. The summed E-state index contributed by atoms with van der Waals surface area (Å²) in [6, 6.07) is 9.48. The number of nitrogens with two attached hydrogens (primary N) is 2. The molecule has 0 saturated carbocycles. The molecule has 1 unspecified atom stereocenters. The predicted octanol–water partition coefficient (Wildman–Crippen LogP) is 0.628. The molecule has 1 rings (SSSR count). The number of nitrogens with zero attached hydrogens (tertiary/aromatic N) is 1. The average Bonchev–Trinajstić information content (AvgIpc) is 2.36. The first-order chi connectivity index (χ1) is 8.99. The Hall–Kier alpha value is -1.88. The highest BCUT2D eigenvalue weighted by atomic mass is 16.2. The van der Waals surface area contributed by atoms with Crippen molar-refractivity contribution in [2.24, 2.45) is 11.5 Å². The Labute approximate surface area is 113 Å². The lowest BCUT2D eigenvalue weighted by molar-refractivity contribution is -0.135. The SMILES string of the molecule is CC(N)CCC(=O)N(CC(N)=O)Cc1ccccc1. The van der Waals surface area contributed by atoms with E-state index in [9.17, 15) is 9.59 Å². The summed E-state index contributed by atoms with van der Waals surface area (Å²) < 4.78 is 0. The quantitative estimate of drug-likeness (QED) is 0.756. The first-order valence-corrected chi connectivity index (χ1v) is 6.34. The third kappa shape index (κ3) is 6.01. The third-order valence-corrected chi connectivity index (χ3v) is 2.73. The van der Waals surface area contributed by atoms with Crippen molar-refractivity contribution >= 4 is 11.8 Å². The molecule has 4 N–H and O–H groups in total. The topological polar surface area (TPSA) is 89.4 Å². The van der Waals surface area contributed by atoms with Gasteiger partial charge in [0.25, 0.3) is 0 Å². The van der Waals surface area contributed by atoms with Crippen LogP contribution < -0.4 is 11.5 Å². The molecule has 1 aromatic carbocycles. The summed E-state index contributed by atoms with van der Waals surface area (Å²) in [5.41, 5.74) is 11.8. The minimum atomic E-state index is -0.509. The van der Waals surface area contributed by atoms with Gasteiger partial charge in [0.1, 0.15) is 0 Å². The van der Waals surface area contributed by atoms with Gasteiger partial charge in [0, 0.05) is 19.0 Å². The van der Waals surface area contributed by atoms with Gasteiger partial charge in [-0.15, -0.1) is 0 Å². The molecule has 0 bridgehead atoms. The van der Waals surface area contributed by atoms with E-state index in [1.165, 1.54) is 4.90 Å². The second kappa shape index (κ2) is 7.53. The van der Waals surface area contributed by atoms with Crippen LogP contribution in [0.25, 0.3) is 0 Å². The van der Waals surface area contributed by atoms with Crippen LogP contribution in [-0.4, -0.2) is 29.3 Å². The van der Waals surface area contributed by atoms with Gasteiger partial charge in [-0.1, -0.05) is 30.3 Å². The molecule has 0 aliphatic heterocycles. The molecule has 1 aromatic rings. The van der Waals surface area contributed by atoms with E-state index in [4.69, 9.17) is 11.5 Å². The van der Waals surface area contributed by atoms with Crippen molar-refractivity contribution in [1.29, 1.82) is 0 Å². The summed E-state index contributed by atoms with van der Waals surface area (Å²) in [6.07, 6.45) is 0.931. The Morgan fingerprint density at radius 1 is 1.26 bits per heavy atom. The summed E-state index contributed by atoms with van der Waals surface area (Å²) in [5.74, 6) is -0.606. The molecular weight excluding hydrogens is 242 g/mol. The normalized spacial score (nSPS) is 11.9. The summed E-state index contributed by atoms with van der Waals surface area (Å²) in [4.78, 5) is 24.6. The standard InChI is InChI=1S/C14H21N3O2/c1-11(15)7-8-14(19)17(10-13(16)18)9-12-5-3-2-4-6-12/h2-6,11H,7-10,15H2,1H3,(H2,16,18). The molecule has 0 aromatic heterocycles. The Bertz CT molecular complexity index is 418. The van der Waals surface area contributed by atoms with Gasteiger partial charge in [0.15, 0.2) is 0 Å². The zero-order valence-electron chi connectivity index (χ0n) is 11.2. The van der Waals surface area contributed by atoms with Crippen LogP contribution in [0.15, 0.2) is 30.3 Å². The van der Waals surface area contributed by atoms with Gasteiger partial charge in [-0.2, -0.15) is 0 Å². The van der Waals surface area contributed by atoms with Gasteiger partial charge in [0.05, 0.1) is 6.54 Å². The Morgan fingerprint density at radius 2 is 1.89 bits per heavy atom. The fourth-order valence-corrected chi connectivity index (χ4v) is 1.73. The lowest BCUT2D eigenvalue weighted by atomic mass is 10.1. The highest BCUT2D eigenvalue weighted by molar-refractivity contribution is 5.83. The molecule has 0 aliphatic carbocycles. The van der Waals surface area contributed by atoms with Crippen LogP contribution in [0.3, 0.4) is 0 Å². The summed E-state index contributed by atoms with van der Waals surface area (Å²) >= 11 is 0. The fraction of sp³-hybridized carbons (Fsp3) is 0.429. The van der Waals surface area contributed by atoms with Crippen molar-refractivity contribution in [3.8, 4) is 0 Å². The zero-order valence-corrected chi connectivity index (χ0v) is 11.2. The van der Waals surface area contributed by atoms with Crippen LogP contribution in [0.5, 0.6) is 0 Å². The average molecular weight is 263 g/mol. The van der Waals surface area contributed by atoms with Crippen molar-refractivity contribution < 1.29 is 9.59 Å². The number of carbonyl (C=O) groups excluding carboxylic acids is 2. The van der Waals surface area contributed by atoms with Gasteiger partial charge >= 0.3 is 0 Å². The van der Waals surface area contributed by atoms with E-state index in [1.807, 2.05) is 37.3 Å². The zero-order chi connectivity index (χ0) is 14.3. The number of benzene rings is 1. The molecule has 0 aliphatic rings. The number of carbonyl (C=O) groups is 2. The van der Waals surface area contributed by atoms with Crippen molar-refractivity contribution in [1.82, 2.24) is 4.90 Å².